The van der Waals surface area contributed by atoms with Crippen molar-refractivity contribution in [1.29, 1.82) is 0 Å². The number of halogens is 2. The summed E-state index contributed by atoms with van der Waals surface area (Å²) < 4.78 is 2.54. The van der Waals surface area contributed by atoms with Gasteiger partial charge in [-0.2, -0.15) is 0 Å². The van der Waals surface area contributed by atoms with Crippen molar-refractivity contribution in [2.45, 2.75) is 19.3 Å². The number of rotatable bonds is 5. The molecule has 2 aromatic carbocycles. The van der Waals surface area contributed by atoms with E-state index in [9.17, 15) is 0 Å². The maximum atomic E-state index is 5.66. The fraction of sp³-hybridized carbons (Fsp3) is 0.222. The Morgan fingerprint density at radius 3 is 2.36 bits per heavy atom. The van der Waals surface area contributed by atoms with Crippen molar-refractivity contribution in [3.63, 3.8) is 0 Å². The van der Waals surface area contributed by atoms with Gasteiger partial charge in [0.15, 0.2) is 0 Å². The Balaban J connectivity index is 2.10. The van der Waals surface area contributed by atoms with Crippen molar-refractivity contribution in [2.24, 2.45) is 5.73 Å². The third kappa shape index (κ3) is 3.49. The predicted molar refractivity (Wildman–Crippen MR) is 111 cm³/mol. The molecule has 3 rings (SSSR count). The first-order valence-corrected chi connectivity index (χ1v) is 9.61. The van der Waals surface area contributed by atoms with Crippen molar-refractivity contribution < 1.29 is 0 Å². The average Bonchev–Trinajstić information content (AvgIpc) is 2.86. The van der Waals surface area contributed by atoms with E-state index in [0.29, 0.717) is 0 Å². The van der Waals surface area contributed by atoms with E-state index in [2.05, 4.69) is 92.6 Å². The predicted octanol–water partition coefficient (Wildman–Crippen LogP) is 5.33. The summed E-state index contributed by atoms with van der Waals surface area (Å²) in [6, 6.07) is 15.3. The largest absolute Gasteiger partial charge is 0.354 e. The molecule has 114 valence electrons. The number of hydrogen-bond acceptors (Lipinski definition) is 1. The first kappa shape index (κ1) is 16.3. The van der Waals surface area contributed by atoms with Crippen molar-refractivity contribution in [1.82, 2.24) is 4.98 Å². The van der Waals surface area contributed by atoms with Gasteiger partial charge in [-0.3, -0.25) is 0 Å². The van der Waals surface area contributed by atoms with Crippen LogP contribution in [0, 0.1) is 7.14 Å². The number of hydrogen-bond donors (Lipinski definition) is 2. The summed E-state index contributed by atoms with van der Waals surface area (Å²) >= 11 is 4.73. The van der Waals surface area contributed by atoms with Crippen LogP contribution in [0.4, 0.5) is 0 Å². The number of fused-ring (bicyclic) bond motifs is 1. The highest BCUT2D eigenvalue weighted by molar-refractivity contribution is 14.1. The lowest BCUT2D eigenvalue weighted by atomic mass is 10.0. The first-order chi connectivity index (χ1) is 10.7. The molecule has 1 aromatic heterocycles. The number of aromatic amines is 1. The van der Waals surface area contributed by atoms with Gasteiger partial charge in [-0.15, -0.1) is 0 Å². The molecule has 0 atom stereocenters. The molecule has 4 heteroatoms. The van der Waals surface area contributed by atoms with Crippen LogP contribution in [0.3, 0.4) is 0 Å². The summed E-state index contributed by atoms with van der Waals surface area (Å²) in [5.74, 6) is 0. The highest BCUT2D eigenvalue weighted by atomic mass is 127. The second-order valence-electron chi connectivity index (χ2n) is 5.42. The van der Waals surface area contributed by atoms with Gasteiger partial charge in [0.25, 0.3) is 0 Å². The fourth-order valence-electron chi connectivity index (χ4n) is 2.79. The number of nitrogens with two attached hydrogens (primary N) is 1. The minimum atomic E-state index is 0.763. The van der Waals surface area contributed by atoms with E-state index >= 15 is 0 Å². The van der Waals surface area contributed by atoms with Crippen LogP contribution in [-0.4, -0.2) is 11.5 Å². The Hall–Kier alpha value is -0.600. The zero-order valence-corrected chi connectivity index (χ0v) is 16.5. The summed E-state index contributed by atoms with van der Waals surface area (Å²) in [6.07, 6.45) is 3.27. The lowest BCUT2D eigenvalue weighted by Crippen LogP contribution is -1.99. The SMILES string of the molecule is NCCCCc1c(-c2ccc(I)cc2)[nH]c2ccc(I)cc12. The van der Waals surface area contributed by atoms with Gasteiger partial charge in [-0.05, 0) is 112 Å². The number of nitrogens with one attached hydrogen (secondary N) is 1. The monoisotopic (exact) mass is 516 g/mol. The van der Waals surface area contributed by atoms with Crippen LogP contribution in [-0.2, 0) is 6.42 Å². The molecule has 0 fully saturated rings. The number of unbranched alkanes of at least 4 members (excludes halogenated alkanes) is 1. The lowest BCUT2D eigenvalue weighted by Gasteiger charge is -2.05. The molecule has 3 N–H and O–H groups in total. The van der Waals surface area contributed by atoms with Crippen LogP contribution in [0.1, 0.15) is 18.4 Å². The third-order valence-electron chi connectivity index (χ3n) is 3.88. The molecular formula is C18H18I2N2. The zero-order chi connectivity index (χ0) is 15.5. The molecule has 2 nitrogen and oxygen atoms in total. The van der Waals surface area contributed by atoms with Crippen LogP contribution in [0.5, 0.6) is 0 Å². The molecule has 22 heavy (non-hydrogen) atoms. The Bertz CT molecular complexity index is 776. The standard InChI is InChI=1S/C18H18I2N2/c19-13-6-4-12(5-7-13)18-15(3-1-2-10-21)16-11-14(20)8-9-17(16)22-18/h4-9,11,22H,1-3,10,21H2. The Kier molecular flexibility index (Phi) is 5.41. The quantitative estimate of drug-likeness (QED) is 0.350. The van der Waals surface area contributed by atoms with E-state index in [0.717, 1.165) is 25.8 Å². The number of H-pyrrole nitrogens is 1. The summed E-state index contributed by atoms with van der Waals surface area (Å²) in [7, 11) is 0. The summed E-state index contributed by atoms with van der Waals surface area (Å²) in [5, 5.41) is 1.34. The molecule has 0 amide bonds. The van der Waals surface area contributed by atoms with Crippen LogP contribution in [0.15, 0.2) is 42.5 Å². The van der Waals surface area contributed by atoms with Gasteiger partial charge < -0.3 is 10.7 Å². The molecular weight excluding hydrogens is 498 g/mol. The summed E-state index contributed by atoms with van der Waals surface area (Å²) in [6.45, 7) is 0.763. The normalized spacial score (nSPS) is 11.2. The maximum absolute atomic E-state index is 5.66. The molecule has 0 aliphatic rings. The van der Waals surface area contributed by atoms with Crippen molar-refractivity contribution in [2.75, 3.05) is 6.54 Å². The second kappa shape index (κ2) is 7.31. The van der Waals surface area contributed by atoms with Crippen LogP contribution < -0.4 is 5.73 Å². The smallest absolute Gasteiger partial charge is 0.0497 e. The van der Waals surface area contributed by atoms with Gasteiger partial charge in [0.05, 0.1) is 0 Å². The number of aromatic nitrogens is 1. The average molecular weight is 516 g/mol. The van der Waals surface area contributed by atoms with Crippen molar-refractivity contribution in [3.8, 4) is 11.3 Å². The second-order valence-corrected chi connectivity index (χ2v) is 7.91. The minimum absolute atomic E-state index is 0.763. The van der Waals surface area contributed by atoms with Crippen LogP contribution in [0.2, 0.25) is 0 Å². The van der Waals surface area contributed by atoms with E-state index < -0.39 is 0 Å². The molecule has 0 radical (unpaired) electrons. The Labute approximate surface area is 158 Å². The lowest BCUT2D eigenvalue weighted by molar-refractivity contribution is 0.748. The molecule has 3 aromatic rings. The number of benzene rings is 2. The zero-order valence-electron chi connectivity index (χ0n) is 12.2. The Morgan fingerprint density at radius 2 is 1.64 bits per heavy atom. The Morgan fingerprint density at radius 1 is 0.909 bits per heavy atom. The number of aryl methyl sites for hydroxylation is 1. The van der Waals surface area contributed by atoms with E-state index in [4.69, 9.17) is 5.73 Å². The minimum Gasteiger partial charge on any atom is -0.354 e. The molecule has 0 aliphatic carbocycles. The maximum Gasteiger partial charge on any atom is 0.0497 e. The first-order valence-electron chi connectivity index (χ1n) is 7.45. The van der Waals surface area contributed by atoms with E-state index in [1.807, 2.05) is 0 Å². The molecule has 0 saturated carbocycles. The van der Waals surface area contributed by atoms with Crippen molar-refractivity contribution >= 4 is 56.1 Å². The summed E-state index contributed by atoms with van der Waals surface area (Å²) in [5.41, 5.74) is 10.8. The topological polar surface area (TPSA) is 41.8 Å². The highest BCUT2D eigenvalue weighted by Crippen LogP contribution is 2.32. The molecule has 0 saturated heterocycles. The van der Waals surface area contributed by atoms with Gasteiger partial charge in [0.2, 0.25) is 0 Å². The molecule has 1 heterocycles. The van der Waals surface area contributed by atoms with Gasteiger partial charge in [0.1, 0.15) is 0 Å². The van der Waals surface area contributed by atoms with E-state index in [-0.39, 0.29) is 0 Å². The van der Waals surface area contributed by atoms with Gasteiger partial charge in [0, 0.05) is 23.7 Å². The van der Waals surface area contributed by atoms with E-state index in [1.165, 1.54) is 34.9 Å². The van der Waals surface area contributed by atoms with Gasteiger partial charge in [-0.1, -0.05) is 12.1 Å². The van der Waals surface area contributed by atoms with Crippen LogP contribution in [0.25, 0.3) is 22.2 Å². The van der Waals surface area contributed by atoms with Crippen molar-refractivity contribution in [3.05, 3.63) is 55.2 Å². The fourth-order valence-corrected chi connectivity index (χ4v) is 3.64. The highest BCUT2D eigenvalue weighted by Gasteiger charge is 2.13. The van der Waals surface area contributed by atoms with Gasteiger partial charge >= 0.3 is 0 Å². The molecule has 0 spiro atoms. The molecule has 0 aliphatic heterocycles. The molecule has 0 bridgehead atoms. The third-order valence-corrected chi connectivity index (χ3v) is 5.27. The molecule has 0 unspecified atom stereocenters. The van der Waals surface area contributed by atoms with Crippen LogP contribution >= 0.6 is 45.2 Å². The summed E-state index contributed by atoms with van der Waals surface area (Å²) in [4.78, 5) is 3.62. The van der Waals surface area contributed by atoms with E-state index in [1.54, 1.807) is 0 Å². The van der Waals surface area contributed by atoms with Gasteiger partial charge in [-0.25, -0.2) is 0 Å².